The van der Waals surface area contributed by atoms with Gasteiger partial charge in [-0.15, -0.1) is 0 Å². The van der Waals surface area contributed by atoms with Gasteiger partial charge in [-0.05, 0) is 49.1 Å². The Labute approximate surface area is 194 Å². The van der Waals surface area contributed by atoms with Crippen molar-refractivity contribution in [1.82, 2.24) is 9.62 Å². The number of anilines is 1. The van der Waals surface area contributed by atoms with Crippen LogP contribution in [0.5, 0.6) is 5.75 Å². The third-order valence-electron chi connectivity index (χ3n) is 5.47. The minimum Gasteiger partial charge on any atom is -0.495 e. The maximum atomic E-state index is 12.6. The molecule has 0 unspecified atom stereocenters. The first-order chi connectivity index (χ1) is 15.8. The Morgan fingerprint density at radius 3 is 2.48 bits per heavy atom. The highest BCUT2D eigenvalue weighted by atomic mass is 32.2. The van der Waals surface area contributed by atoms with Crippen LogP contribution in [0.25, 0.3) is 6.08 Å². The van der Waals surface area contributed by atoms with Gasteiger partial charge in [0.05, 0.1) is 19.3 Å². The number of amides is 2. The molecule has 1 aliphatic rings. The molecule has 0 aliphatic carbocycles. The number of ether oxygens (including phenoxy) is 1. The van der Waals surface area contributed by atoms with Gasteiger partial charge in [-0.3, -0.25) is 9.59 Å². The first-order valence-corrected chi connectivity index (χ1v) is 12.2. The van der Waals surface area contributed by atoms with Crippen LogP contribution in [0.15, 0.2) is 53.9 Å². The van der Waals surface area contributed by atoms with Gasteiger partial charge in [0.15, 0.2) is 0 Å². The van der Waals surface area contributed by atoms with Crippen molar-refractivity contribution in [3.63, 3.8) is 0 Å². The van der Waals surface area contributed by atoms with Crippen LogP contribution in [0, 0.1) is 12.8 Å². The zero-order valence-corrected chi connectivity index (χ0v) is 19.6. The molecule has 8 nitrogen and oxygen atoms in total. The van der Waals surface area contributed by atoms with Crippen molar-refractivity contribution in [2.24, 2.45) is 5.92 Å². The van der Waals surface area contributed by atoms with Gasteiger partial charge in [0.2, 0.25) is 21.8 Å². The van der Waals surface area contributed by atoms with E-state index < -0.39 is 10.0 Å². The molecule has 176 valence electrons. The number of nitrogens with one attached hydrogen (secondary N) is 2. The van der Waals surface area contributed by atoms with Crippen LogP contribution >= 0.6 is 0 Å². The maximum absolute atomic E-state index is 12.6. The normalized spacial score (nSPS) is 15.3. The van der Waals surface area contributed by atoms with E-state index in [0.29, 0.717) is 24.3 Å². The fraction of sp³-hybridized carbons (Fsp3) is 0.333. The minimum absolute atomic E-state index is 0.172. The van der Waals surface area contributed by atoms with E-state index in [0.717, 1.165) is 11.1 Å². The molecule has 0 atom stereocenters. The van der Waals surface area contributed by atoms with Crippen LogP contribution in [0.3, 0.4) is 0 Å². The van der Waals surface area contributed by atoms with E-state index in [1.165, 1.54) is 16.8 Å². The summed E-state index contributed by atoms with van der Waals surface area (Å²) >= 11 is 0. The number of carbonyl (C=O) groups excluding carboxylic acids is 2. The van der Waals surface area contributed by atoms with Gasteiger partial charge in [-0.25, -0.2) is 8.42 Å². The number of methoxy groups -OCH3 is 1. The monoisotopic (exact) mass is 471 g/mol. The van der Waals surface area contributed by atoms with Gasteiger partial charge < -0.3 is 15.4 Å². The van der Waals surface area contributed by atoms with Crippen LogP contribution in [-0.4, -0.2) is 51.3 Å². The van der Waals surface area contributed by atoms with E-state index in [-0.39, 0.29) is 37.4 Å². The molecular weight excluding hydrogens is 442 g/mol. The molecule has 1 aliphatic heterocycles. The number of carbonyl (C=O) groups is 2. The summed E-state index contributed by atoms with van der Waals surface area (Å²) in [6.45, 7) is 2.24. The Bertz CT molecular complexity index is 1110. The van der Waals surface area contributed by atoms with Crippen molar-refractivity contribution in [2.75, 3.05) is 32.1 Å². The molecule has 2 aromatic rings. The summed E-state index contributed by atoms with van der Waals surface area (Å²) in [7, 11) is -2.04. The molecule has 2 N–H and O–H groups in total. The average molecular weight is 472 g/mol. The van der Waals surface area contributed by atoms with E-state index in [2.05, 4.69) is 10.6 Å². The molecule has 9 heteroatoms. The van der Waals surface area contributed by atoms with Gasteiger partial charge in [-0.2, -0.15) is 4.31 Å². The predicted molar refractivity (Wildman–Crippen MR) is 128 cm³/mol. The number of hydrogen-bond donors (Lipinski definition) is 2. The number of sulfonamides is 1. The lowest BCUT2D eigenvalue weighted by Crippen LogP contribution is -2.43. The zero-order chi connectivity index (χ0) is 23.8. The Balaban J connectivity index is 1.47. The van der Waals surface area contributed by atoms with E-state index in [4.69, 9.17) is 4.74 Å². The SMILES string of the molecule is COc1ccc(C)cc1NC(=O)CNC(=O)C1CCN(S(=O)(=O)/C=C/c2ccccc2)CC1. The standard InChI is InChI=1S/C24H29N3O5S/c1-18-8-9-22(32-2)21(16-18)26-23(28)17-25-24(29)20-10-13-27(14-11-20)33(30,31)15-12-19-6-4-3-5-7-19/h3-9,12,15-16,20H,10-11,13-14,17H2,1-2H3,(H,25,29)(H,26,28)/b15-12+. The highest BCUT2D eigenvalue weighted by Crippen LogP contribution is 2.25. The fourth-order valence-electron chi connectivity index (χ4n) is 3.61. The molecule has 1 heterocycles. The molecule has 33 heavy (non-hydrogen) atoms. The highest BCUT2D eigenvalue weighted by molar-refractivity contribution is 7.92. The van der Waals surface area contributed by atoms with Gasteiger partial charge in [0, 0.05) is 24.4 Å². The lowest BCUT2D eigenvalue weighted by Gasteiger charge is -2.29. The van der Waals surface area contributed by atoms with Crippen molar-refractivity contribution >= 4 is 33.6 Å². The summed E-state index contributed by atoms with van der Waals surface area (Å²) in [5.74, 6) is -0.414. The summed E-state index contributed by atoms with van der Waals surface area (Å²) in [6.07, 6.45) is 2.37. The third kappa shape index (κ3) is 6.90. The Hall–Kier alpha value is -3.17. The van der Waals surface area contributed by atoms with Gasteiger partial charge >= 0.3 is 0 Å². The number of hydrogen-bond acceptors (Lipinski definition) is 5. The Kier molecular flexibility index (Phi) is 8.24. The second kappa shape index (κ2) is 11.1. The quantitative estimate of drug-likeness (QED) is 0.616. The third-order valence-corrected chi connectivity index (χ3v) is 7.03. The van der Waals surface area contributed by atoms with Gasteiger partial charge in [0.1, 0.15) is 5.75 Å². The van der Waals surface area contributed by atoms with Crippen LogP contribution in [0.2, 0.25) is 0 Å². The summed E-state index contributed by atoms with van der Waals surface area (Å²) in [6, 6.07) is 14.6. The minimum atomic E-state index is -3.56. The largest absolute Gasteiger partial charge is 0.495 e. The molecule has 1 saturated heterocycles. The summed E-state index contributed by atoms with van der Waals surface area (Å²) in [4.78, 5) is 24.8. The molecule has 0 aromatic heterocycles. The topological polar surface area (TPSA) is 105 Å². The predicted octanol–water partition coefficient (Wildman–Crippen LogP) is 2.77. The maximum Gasteiger partial charge on any atom is 0.243 e. The number of benzene rings is 2. The summed E-state index contributed by atoms with van der Waals surface area (Å²) in [5.41, 5.74) is 2.31. The number of aryl methyl sites for hydroxylation is 1. The fourth-order valence-corrected chi connectivity index (χ4v) is 4.83. The number of nitrogens with zero attached hydrogens (tertiary/aromatic N) is 1. The van der Waals surface area contributed by atoms with Crippen LogP contribution < -0.4 is 15.4 Å². The molecule has 3 rings (SSSR count). The lowest BCUT2D eigenvalue weighted by atomic mass is 9.97. The van der Waals surface area contributed by atoms with Crippen LogP contribution in [0.4, 0.5) is 5.69 Å². The van der Waals surface area contributed by atoms with Gasteiger partial charge in [-0.1, -0.05) is 36.4 Å². The smallest absolute Gasteiger partial charge is 0.243 e. The molecule has 2 amide bonds. The van der Waals surface area contributed by atoms with Crippen LogP contribution in [0.1, 0.15) is 24.0 Å². The number of piperidine rings is 1. The molecule has 0 radical (unpaired) electrons. The Morgan fingerprint density at radius 2 is 1.82 bits per heavy atom. The first kappa shape index (κ1) is 24.5. The van der Waals surface area contributed by atoms with Crippen molar-refractivity contribution in [2.45, 2.75) is 19.8 Å². The second-order valence-corrected chi connectivity index (χ2v) is 9.72. The number of rotatable bonds is 8. The van der Waals surface area contributed by atoms with Crippen molar-refractivity contribution in [3.05, 3.63) is 65.1 Å². The zero-order valence-electron chi connectivity index (χ0n) is 18.8. The lowest BCUT2D eigenvalue weighted by molar-refractivity contribution is -0.128. The van der Waals surface area contributed by atoms with Crippen molar-refractivity contribution in [1.29, 1.82) is 0 Å². The first-order valence-electron chi connectivity index (χ1n) is 10.7. The van der Waals surface area contributed by atoms with E-state index >= 15 is 0 Å². The van der Waals surface area contributed by atoms with Gasteiger partial charge in [0.25, 0.3) is 0 Å². The molecule has 0 spiro atoms. The van der Waals surface area contributed by atoms with Crippen molar-refractivity contribution < 1.29 is 22.7 Å². The van der Waals surface area contributed by atoms with Crippen LogP contribution in [-0.2, 0) is 19.6 Å². The molecule has 0 bridgehead atoms. The van der Waals surface area contributed by atoms with E-state index in [1.54, 1.807) is 18.2 Å². The van der Waals surface area contributed by atoms with Crippen molar-refractivity contribution in [3.8, 4) is 5.75 Å². The molecule has 1 fully saturated rings. The average Bonchev–Trinajstić information content (AvgIpc) is 2.82. The molecule has 0 saturated carbocycles. The molecular formula is C24H29N3O5S. The highest BCUT2D eigenvalue weighted by Gasteiger charge is 2.30. The molecule has 2 aromatic carbocycles. The van der Waals surface area contributed by atoms with E-state index in [1.807, 2.05) is 43.3 Å². The second-order valence-electron chi connectivity index (χ2n) is 7.90. The summed E-state index contributed by atoms with van der Waals surface area (Å²) < 4.78 is 31.8. The summed E-state index contributed by atoms with van der Waals surface area (Å²) in [5, 5.41) is 6.59. The van der Waals surface area contributed by atoms with E-state index in [9.17, 15) is 18.0 Å². The Morgan fingerprint density at radius 1 is 1.12 bits per heavy atom.